The smallest absolute Gasteiger partial charge is 0.305 e. The van der Waals surface area contributed by atoms with Gasteiger partial charge in [-0.3, -0.25) is 4.79 Å². The minimum absolute atomic E-state index is 0.298. The van der Waals surface area contributed by atoms with Crippen molar-refractivity contribution in [2.45, 2.75) is 32.4 Å². The van der Waals surface area contributed by atoms with E-state index < -0.39 is 5.54 Å². The second-order valence-corrected chi connectivity index (χ2v) is 8.16. The number of anilines is 1. The summed E-state index contributed by atoms with van der Waals surface area (Å²) in [7, 11) is 0. The highest BCUT2D eigenvalue weighted by molar-refractivity contribution is 6.23. The molecular formula is C26H23N3O2. The van der Waals surface area contributed by atoms with E-state index in [1.54, 1.807) is 43.0 Å². The number of imide groups is 1. The Balaban J connectivity index is 1.65. The number of hydrogen-bond acceptors (Lipinski definition) is 3. The van der Waals surface area contributed by atoms with Crippen molar-refractivity contribution in [1.82, 2.24) is 4.90 Å². The van der Waals surface area contributed by atoms with Crippen molar-refractivity contribution in [1.29, 1.82) is 5.26 Å². The molecule has 0 aliphatic carbocycles. The Kier molecular flexibility index (Phi) is 5.31. The fourth-order valence-corrected chi connectivity index (χ4v) is 3.91. The second kappa shape index (κ2) is 8.08. The molecule has 0 unspecified atom stereocenters. The number of benzene rings is 3. The summed E-state index contributed by atoms with van der Waals surface area (Å²) in [6.07, 6.45) is 0.751. The van der Waals surface area contributed by atoms with E-state index in [0.29, 0.717) is 17.8 Å². The molecule has 3 amide bonds. The average Bonchev–Trinajstić information content (AvgIpc) is 2.95. The Morgan fingerprint density at radius 3 is 2.26 bits per heavy atom. The summed E-state index contributed by atoms with van der Waals surface area (Å²) < 4.78 is 0. The summed E-state index contributed by atoms with van der Waals surface area (Å²) in [5.74, 6) is -0.298. The van der Waals surface area contributed by atoms with Crippen LogP contribution in [0.1, 0.15) is 36.1 Å². The van der Waals surface area contributed by atoms with Crippen LogP contribution in [0.3, 0.4) is 0 Å². The number of carbonyl (C=O) groups excluding carboxylic acids is 2. The lowest BCUT2D eigenvalue weighted by molar-refractivity contribution is -0.123. The molecule has 1 aliphatic rings. The summed E-state index contributed by atoms with van der Waals surface area (Å²) in [6.45, 7) is 3.86. The maximum Gasteiger partial charge on any atom is 0.332 e. The van der Waals surface area contributed by atoms with E-state index in [-0.39, 0.29) is 11.9 Å². The van der Waals surface area contributed by atoms with Gasteiger partial charge < -0.3 is 4.90 Å². The molecule has 1 fully saturated rings. The first-order valence-electron chi connectivity index (χ1n) is 10.2. The fourth-order valence-electron chi connectivity index (χ4n) is 3.91. The SMILES string of the molecule is CC1(C)C(=O)N(c2cccc(C#N)c2)C(=O)N1Cc1ccccc1Cc1ccccc1. The Bertz CT molecular complexity index is 1180. The van der Waals surface area contributed by atoms with Crippen molar-refractivity contribution in [3.05, 3.63) is 101 Å². The van der Waals surface area contributed by atoms with E-state index in [1.807, 2.05) is 36.4 Å². The van der Waals surface area contributed by atoms with E-state index in [0.717, 1.165) is 17.5 Å². The molecule has 1 saturated heterocycles. The normalized spacial score (nSPS) is 15.3. The minimum atomic E-state index is -1.00. The number of urea groups is 1. The molecule has 0 N–H and O–H groups in total. The van der Waals surface area contributed by atoms with Crippen LogP contribution in [0.4, 0.5) is 10.5 Å². The highest BCUT2D eigenvalue weighted by atomic mass is 16.2. The van der Waals surface area contributed by atoms with Crippen molar-refractivity contribution in [3.63, 3.8) is 0 Å². The van der Waals surface area contributed by atoms with Crippen LogP contribution in [0.5, 0.6) is 0 Å². The third kappa shape index (κ3) is 3.80. The van der Waals surface area contributed by atoms with Gasteiger partial charge in [0.2, 0.25) is 0 Å². The van der Waals surface area contributed by atoms with Gasteiger partial charge in [0.25, 0.3) is 5.91 Å². The highest BCUT2D eigenvalue weighted by Crippen LogP contribution is 2.34. The van der Waals surface area contributed by atoms with E-state index in [4.69, 9.17) is 0 Å². The number of nitriles is 1. The number of nitrogens with zero attached hydrogens (tertiary/aromatic N) is 3. The highest BCUT2D eigenvalue weighted by Gasteiger charge is 2.51. The molecule has 1 aliphatic heterocycles. The van der Waals surface area contributed by atoms with Crippen LogP contribution in [0.25, 0.3) is 0 Å². The average molecular weight is 409 g/mol. The van der Waals surface area contributed by atoms with E-state index in [1.165, 1.54) is 10.5 Å². The van der Waals surface area contributed by atoms with Crippen molar-refractivity contribution < 1.29 is 9.59 Å². The Labute approximate surface area is 182 Å². The largest absolute Gasteiger partial charge is 0.332 e. The summed E-state index contributed by atoms with van der Waals surface area (Å²) >= 11 is 0. The number of carbonyl (C=O) groups is 2. The molecule has 0 aromatic heterocycles. The zero-order valence-corrected chi connectivity index (χ0v) is 17.6. The third-order valence-electron chi connectivity index (χ3n) is 5.74. The first-order valence-corrected chi connectivity index (χ1v) is 10.2. The standard InChI is InChI=1S/C26H23N3O2/c1-26(2)24(30)29(23-14-8-11-20(16-23)17-27)25(31)28(26)18-22-13-7-6-12-21(22)15-19-9-4-3-5-10-19/h3-14,16H,15,18H2,1-2H3. The molecule has 0 saturated carbocycles. The Morgan fingerprint density at radius 1 is 0.871 bits per heavy atom. The van der Waals surface area contributed by atoms with Gasteiger partial charge in [0, 0.05) is 6.54 Å². The summed E-state index contributed by atoms with van der Waals surface area (Å²) in [4.78, 5) is 29.3. The molecule has 5 heteroatoms. The lowest BCUT2D eigenvalue weighted by Crippen LogP contribution is -2.43. The van der Waals surface area contributed by atoms with Gasteiger partial charge in [-0.25, -0.2) is 9.69 Å². The first-order chi connectivity index (χ1) is 14.9. The predicted octanol–water partition coefficient (Wildman–Crippen LogP) is 4.90. The molecule has 0 bridgehead atoms. The molecule has 31 heavy (non-hydrogen) atoms. The number of amides is 3. The molecule has 4 rings (SSSR count). The van der Waals surface area contributed by atoms with E-state index >= 15 is 0 Å². The maximum absolute atomic E-state index is 13.4. The van der Waals surface area contributed by atoms with Crippen LogP contribution in [-0.2, 0) is 17.8 Å². The summed E-state index contributed by atoms with van der Waals surface area (Å²) in [6, 6.07) is 26.4. The zero-order valence-electron chi connectivity index (χ0n) is 17.6. The van der Waals surface area contributed by atoms with Gasteiger partial charge in [0.15, 0.2) is 0 Å². The molecule has 3 aromatic carbocycles. The van der Waals surface area contributed by atoms with Crippen molar-refractivity contribution in [3.8, 4) is 6.07 Å². The van der Waals surface area contributed by atoms with Crippen LogP contribution in [0, 0.1) is 11.3 Å². The zero-order chi connectivity index (χ0) is 22.0. The van der Waals surface area contributed by atoms with Crippen LogP contribution in [-0.4, -0.2) is 22.4 Å². The van der Waals surface area contributed by atoms with Crippen molar-refractivity contribution in [2.75, 3.05) is 4.90 Å². The number of hydrogen-bond donors (Lipinski definition) is 0. The molecule has 5 nitrogen and oxygen atoms in total. The first kappa shape index (κ1) is 20.4. The Hall–Kier alpha value is -3.91. The summed E-state index contributed by atoms with van der Waals surface area (Å²) in [5.41, 5.74) is 3.14. The van der Waals surface area contributed by atoms with Gasteiger partial charge in [-0.2, -0.15) is 5.26 Å². The molecular weight excluding hydrogens is 386 g/mol. The monoisotopic (exact) mass is 409 g/mol. The third-order valence-corrected chi connectivity index (χ3v) is 5.74. The van der Waals surface area contributed by atoms with Crippen LogP contribution in [0.15, 0.2) is 78.9 Å². The lowest BCUT2D eigenvalue weighted by atomic mass is 9.97. The molecule has 3 aromatic rings. The van der Waals surface area contributed by atoms with Gasteiger partial charge in [-0.1, -0.05) is 60.7 Å². The van der Waals surface area contributed by atoms with Gasteiger partial charge in [-0.05, 0) is 55.2 Å². The van der Waals surface area contributed by atoms with Gasteiger partial charge >= 0.3 is 6.03 Å². The van der Waals surface area contributed by atoms with E-state index in [2.05, 4.69) is 24.3 Å². The quantitative estimate of drug-likeness (QED) is 0.563. The predicted molar refractivity (Wildman–Crippen MR) is 119 cm³/mol. The Morgan fingerprint density at radius 2 is 1.55 bits per heavy atom. The van der Waals surface area contributed by atoms with Crippen LogP contribution >= 0.6 is 0 Å². The van der Waals surface area contributed by atoms with Gasteiger partial charge in [0.05, 0.1) is 17.3 Å². The second-order valence-electron chi connectivity index (χ2n) is 8.16. The molecule has 0 spiro atoms. The minimum Gasteiger partial charge on any atom is -0.305 e. The van der Waals surface area contributed by atoms with Crippen molar-refractivity contribution >= 4 is 17.6 Å². The molecule has 1 heterocycles. The molecule has 154 valence electrons. The van der Waals surface area contributed by atoms with E-state index in [9.17, 15) is 14.9 Å². The van der Waals surface area contributed by atoms with Crippen LogP contribution < -0.4 is 4.90 Å². The topological polar surface area (TPSA) is 64.4 Å². The van der Waals surface area contributed by atoms with Crippen LogP contribution in [0.2, 0.25) is 0 Å². The molecule has 0 atom stereocenters. The summed E-state index contributed by atoms with van der Waals surface area (Å²) in [5, 5.41) is 9.19. The fraction of sp³-hybridized carbons (Fsp3) is 0.192. The van der Waals surface area contributed by atoms with Crippen molar-refractivity contribution in [2.24, 2.45) is 0 Å². The van der Waals surface area contributed by atoms with Gasteiger partial charge in [0.1, 0.15) is 5.54 Å². The van der Waals surface area contributed by atoms with Gasteiger partial charge in [-0.15, -0.1) is 0 Å². The maximum atomic E-state index is 13.4. The molecule has 0 radical (unpaired) electrons. The number of rotatable bonds is 5. The lowest BCUT2D eigenvalue weighted by Gasteiger charge is -2.28.